The Morgan fingerprint density at radius 3 is 1.63 bits per heavy atom. The summed E-state index contributed by atoms with van der Waals surface area (Å²) in [4.78, 5) is 2.46. The van der Waals surface area contributed by atoms with Gasteiger partial charge < -0.3 is 13.9 Å². The number of nitrogens with zero attached hydrogens (tertiary/aromatic N) is 2. The zero-order valence-corrected chi connectivity index (χ0v) is 39.3. The first kappa shape index (κ1) is 40.4. The molecule has 0 saturated carbocycles. The maximum absolute atomic E-state index is 7.38. The lowest BCUT2D eigenvalue weighted by Crippen LogP contribution is -2.29. The number of anilines is 3. The van der Waals surface area contributed by atoms with Crippen LogP contribution in [0.25, 0.3) is 82.1 Å². The number of aromatic nitrogens is 1. The van der Waals surface area contributed by atoms with Gasteiger partial charge in [-0.15, -0.1) is 0 Å². The Morgan fingerprint density at radius 1 is 0.429 bits per heavy atom. The van der Waals surface area contributed by atoms with Crippen molar-refractivity contribution < 1.29 is 4.42 Å². The first-order chi connectivity index (χ1) is 34.4. The summed E-state index contributed by atoms with van der Waals surface area (Å²) in [5.41, 5.74) is 16.2. The second kappa shape index (κ2) is 15.2. The lowest BCUT2D eigenvalue weighted by atomic mass is 9.66. The predicted octanol–water partition coefficient (Wildman–Crippen LogP) is 18.1. The van der Waals surface area contributed by atoms with E-state index < -0.39 is 5.41 Å². The molecule has 0 atom stereocenters. The molecule has 0 saturated heterocycles. The Hall–Kier alpha value is -8.66. The van der Waals surface area contributed by atoms with Crippen LogP contribution in [0.1, 0.15) is 48.6 Å². The minimum absolute atomic E-state index is 0.0244. The lowest BCUT2D eigenvalue weighted by molar-refractivity contribution is 0.590. The van der Waals surface area contributed by atoms with Crippen molar-refractivity contribution in [3.63, 3.8) is 0 Å². The van der Waals surface area contributed by atoms with E-state index in [-0.39, 0.29) is 5.41 Å². The molecule has 2 aromatic heterocycles. The molecule has 0 radical (unpaired) electrons. The molecule has 2 heterocycles. The smallest absolute Gasteiger partial charge is 0.160 e. The van der Waals surface area contributed by atoms with Gasteiger partial charge in [-0.25, -0.2) is 0 Å². The predicted molar refractivity (Wildman–Crippen MR) is 294 cm³/mol. The van der Waals surface area contributed by atoms with E-state index in [1.165, 1.54) is 76.8 Å². The highest BCUT2D eigenvalue weighted by Crippen LogP contribution is 2.64. The summed E-state index contributed by atoms with van der Waals surface area (Å²) in [5, 5.41) is 9.58. The van der Waals surface area contributed by atoms with Crippen LogP contribution in [0.5, 0.6) is 0 Å². The summed E-state index contributed by atoms with van der Waals surface area (Å²) in [6.07, 6.45) is 0. The van der Waals surface area contributed by atoms with Crippen LogP contribution in [0.3, 0.4) is 0 Å². The van der Waals surface area contributed by atoms with E-state index >= 15 is 0 Å². The third-order valence-electron chi connectivity index (χ3n) is 15.2. The van der Waals surface area contributed by atoms with E-state index in [0.717, 1.165) is 50.2 Å². The Balaban J connectivity index is 1.17. The van der Waals surface area contributed by atoms with E-state index in [4.69, 9.17) is 4.42 Å². The molecule has 14 rings (SSSR count). The number of benzene rings is 11. The Morgan fingerprint density at radius 2 is 0.957 bits per heavy atom. The Kier molecular flexibility index (Phi) is 8.76. The number of hydrogen-bond acceptors (Lipinski definition) is 2. The van der Waals surface area contributed by atoms with Gasteiger partial charge in [0.1, 0.15) is 5.58 Å². The largest absolute Gasteiger partial charge is 0.454 e. The van der Waals surface area contributed by atoms with Gasteiger partial charge in [-0.05, 0) is 127 Å². The quantitative estimate of drug-likeness (QED) is 0.155. The first-order valence-electron chi connectivity index (χ1n) is 24.4. The van der Waals surface area contributed by atoms with Crippen molar-refractivity contribution in [2.75, 3.05) is 4.90 Å². The van der Waals surface area contributed by atoms with Gasteiger partial charge in [0.15, 0.2) is 5.58 Å². The maximum Gasteiger partial charge on any atom is 0.160 e. The van der Waals surface area contributed by atoms with Crippen LogP contribution < -0.4 is 4.90 Å². The molecule has 3 heteroatoms. The van der Waals surface area contributed by atoms with Gasteiger partial charge in [0.2, 0.25) is 0 Å². The second-order valence-electron chi connectivity index (χ2n) is 20.0. The Labute approximate surface area is 407 Å². The highest BCUT2D eigenvalue weighted by atomic mass is 16.3. The highest BCUT2D eigenvalue weighted by molar-refractivity contribution is 6.27. The van der Waals surface area contributed by atoms with Crippen LogP contribution >= 0.6 is 0 Å². The zero-order chi connectivity index (χ0) is 46.7. The fourth-order valence-electron chi connectivity index (χ4n) is 12.2. The minimum atomic E-state index is -0.729. The summed E-state index contributed by atoms with van der Waals surface area (Å²) < 4.78 is 9.77. The number of fused-ring (bicyclic) bond motifs is 15. The topological polar surface area (TPSA) is 21.3 Å². The molecule has 11 aromatic carbocycles. The molecule has 0 bridgehead atoms. The number of hydrogen-bond donors (Lipinski definition) is 0. The van der Waals surface area contributed by atoms with Gasteiger partial charge in [0, 0.05) is 38.6 Å². The fourth-order valence-corrected chi connectivity index (χ4v) is 12.2. The van der Waals surface area contributed by atoms with E-state index in [1.807, 2.05) is 0 Å². The zero-order valence-electron chi connectivity index (χ0n) is 39.3. The highest BCUT2D eigenvalue weighted by Gasteiger charge is 2.50. The molecule has 1 aliphatic carbocycles. The van der Waals surface area contributed by atoms with Crippen molar-refractivity contribution >= 4 is 82.4 Å². The molecule has 70 heavy (non-hydrogen) atoms. The number of para-hydroxylation sites is 3. The summed E-state index contributed by atoms with van der Waals surface area (Å²) in [6.45, 7) is 6.85. The molecule has 0 N–H and O–H groups in total. The van der Waals surface area contributed by atoms with Crippen molar-refractivity contribution in [1.29, 1.82) is 0 Å². The molecule has 0 aliphatic heterocycles. The molecule has 3 nitrogen and oxygen atoms in total. The first-order valence-corrected chi connectivity index (χ1v) is 24.4. The van der Waals surface area contributed by atoms with E-state index in [2.05, 4.69) is 267 Å². The minimum Gasteiger partial charge on any atom is -0.454 e. The second-order valence-corrected chi connectivity index (χ2v) is 20.0. The van der Waals surface area contributed by atoms with E-state index in [9.17, 15) is 0 Å². The molecule has 13 aromatic rings. The standard InChI is InChI=1S/C67H48N2O/c1-66(2,3)43-35-37-47(38-36-43)68(48-39-40-58-55(41-48)51-29-17-19-33-57(51)69(58)46-25-11-6-12-26-46)59-42-56-63(62-54-32-18-20-34-60(54)70-65(59)62)61-52-30-15-13-27-49(52)50-28-14-16-31-53(50)64(61)67(56,44-21-7-4-8-22-44)45-23-9-5-10-24-45/h4-42H,1-3H3. The average Bonchev–Trinajstić information content (AvgIpc) is 4.06. The maximum atomic E-state index is 7.38. The van der Waals surface area contributed by atoms with Gasteiger partial charge in [0.05, 0.1) is 22.1 Å². The van der Waals surface area contributed by atoms with Gasteiger partial charge >= 0.3 is 0 Å². The molecule has 0 spiro atoms. The van der Waals surface area contributed by atoms with Crippen molar-refractivity contribution in [2.24, 2.45) is 0 Å². The van der Waals surface area contributed by atoms with E-state index in [0.29, 0.717) is 0 Å². The van der Waals surface area contributed by atoms with Crippen LogP contribution in [-0.4, -0.2) is 4.57 Å². The summed E-state index contributed by atoms with van der Waals surface area (Å²) in [7, 11) is 0. The summed E-state index contributed by atoms with van der Waals surface area (Å²) in [5.74, 6) is 0. The summed E-state index contributed by atoms with van der Waals surface area (Å²) in [6, 6.07) is 87.4. The van der Waals surface area contributed by atoms with Crippen molar-refractivity contribution in [1.82, 2.24) is 4.57 Å². The molecular weight excluding hydrogens is 849 g/mol. The molecule has 0 fully saturated rings. The SMILES string of the molecule is CC(C)(C)c1ccc(N(c2ccc3c(c2)c2ccccc2n3-c2ccccc2)c2cc3c(c4c2oc2ccccc24)-c2c(c4ccccc4c4ccccc24)C3(c2ccccc2)c2ccccc2)cc1. The normalized spacial score (nSPS) is 13.2. The third kappa shape index (κ3) is 5.69. The van der Waals surface area contributed by atoms with Crippen molar-refractivity contribution in [3.8, 4) is 16.8 Å². The van der Waals surface area contributed by atoms with Crippen LogP contribution in [-0.2, 0) is 10.8 Å². The van der Waals surface area contributed by atoms with Crippen LogP contribution in [0, 0.1) is 0 Å². The molecule has 332 valence electrons. The van der Waals surface area contributed by atoms with Gasteiger partial charge in [-0.2, -0.15) is 0 Å². The summed E-state index contributed by atoms with van der Waals surface area (Å²) >= 11 is 0. The van der Waals surface area contributed by atoms with Gasteiger partial charge in [0.25, 0.3) is 0 Å². The molecule has 0 amide bonds. The van der Waals surface area contributed by atoms with Gasteiger partial charge in [-0.3, -0.25) is 0 Å². The number of furan rings is 1. The fraction of sp³-hybridized carbons (Fsp3) is 0.0746. The van der Waals surface area contributed by atoms with Crippen LogP contribution in [0.4, 0.5) is 17.1 Å². The molecule has 1 aliphatic rings. The van der Waals surface area contributed by atoms with Crippen LogP contribution in [0.15, 0.2) is 241 Å². The average molecular weight is 897 g/mol. The van der Waals surface area contributed by atoms with Crippen molar-refractivity contribution in [3.05, 3.63) is 264 Å². The van der Waals surface area contributed by atoms with Crippen LogP contribution in [0.2, 0.25) is 0 Å². The third-order valence-corrected chi connectivity index (χ3v) is 15.2. The number of rotatable bonds is 6. The van der Waals surface area contributed by atoms with Gasteiger partial charge in [-0.1, -0.05) is 197 Å². The van der Waals surface area contributed by atoms with E-state index in [1.54, 1.807) is 0 Å². The molecule has 0 unspecified atom stereocenters. The monoisotopic (exact) mass is 896 g/mol. The van der Waals surface area contributed by atoms with Crippen molar-refractivity contribution in [2.45, 2.75) is 31.6 Å². The lowest BCUT2D eigenvalue weighted by Gasteiger charge is -2.36. The molecular formula is C67H48N2O. The Bertz CT molecular complexity index is 4160.